The fourth-order valence-corrected chi connectivity index (χ4v) is 5.24. The smallest absolute Gasteiger partial charge is 0.306 e. The maximum atomic E-state index is 12.7. The van der Waals surface area contributed by atoms with Crippen LogP contribution < -0.4 is 0 Å². The quantitative estimate of drug-likeness (QED) is 0.619. The summed E-state index contributed by atoms with van der Waals surface area (Å²) in [6.07, 6.45) is 7.80. The van der Waals surface area contributed by atoms with Crippen molar-refractivity contribution in [2.24, 2.45) is 23.7 Å². The number of Topliss-reactive ketones (excluding diaryl/α,β-unsaturated/α-hetero) is 1. The molecule has 0 spiro atoms. The minimum absolute atomic E-state index is 0.0428. The average Bonchev–Trinajstić information content (AvgIpc) is 3.35. The van der Waals surface area contributed by atoms with Crippen molar-refractivity contribution in [2.75, 3.05) is 0 Å². The van der Waals surface area contributed by atoms with Gasteiger partial charge in [-0.15, -0.1) is 11.3 Å². The predicted molar refractivity (Wildman–Crippen MR) is 124 cm³/mol. The van der Waals surface area contributed by atoms with Gasteiger partial charge >= 0.3 is 5.97 Å². The molecule has 1 saturated carbocycles. The van der Waals surface area contributed by atoms with E-state index in [-0.39, 0.29) is 36.1 Å². The van der Waals surface area contributed by atoms with E-state index < -0.39 is 6.10 Å². The number of carbonyl (C=O) groups excluding carboxylic acids is 2. The predicted octanol–water partition coefficient (Wildman–Crippen LogP) is 5.35. The van der Waals surface area contributed by atoms with Crippen LogP contribution in [0.4, 0.5) is 0 Å². The normalized spacial score (nSPS) is 34.2. The van der Waals surface area contributed by atoms with Gasteiger partial charge in [0.1, 0.15) is 11.9 Å². The molecule has 5 nitrogen and oxygen atoms in total. The van der Waals surface area contributed by atoms with Gasteiger partial charge in [0.05, 0.1) is 16.8 Å². The molecule has 0 bridgehead atoms. The second kappa shape index (κ2) is 10.9. The Hall–Kier alpha value is -1.53. The van der Waals surface area contributed by atoms with E-state index in [9.17, 15) is 14.7 Å². The lowest BCUT2D eigenvalue weighted by Crippen LogP contribution is -2.30. The van der Waals surface area contributed by atoms with Crippen LogP contribution in [-0.4, -0.2) is 34.1 Å². The maximum Gasteiger partial charge on any atom is 0.306 e. The molecule has 1 N–H and O–H groups in total. The number of carbonyl (C=O) groups is 2. The number of hydrogen-bond acceptors (Lipinski definition) is 6. The standard InChI is InChI=1S/C25H37NO4S/c1-15-9-10-24(28)30-23(16(2)11-21-14-31-18(4)26-21)13-20-12-19(20)7-5-6-8-22(27)17(3)25(15)29/h11,14-15,17,19-20,22-23,27H,5-10,12-13H2,1-4H3/b16-11+/t15-,17+,19-,20-,22-,23-/m0/s1. The molecule has 0 amide bonds. The van der Waals surface area contributed by atoms with E-state index in [2.05, 4.69) is 4.98 Å². The first-order valence-electron chi connectivity index (χ1n) is 11.8. The summed E-state index contributed by atoms with van der Waals surface area (Å²) < 4.78 is 5.93. The summed E-state index contributed by atoms with van der Waals surface area (Å²) in [6, 6.07) is 0. The van der Waals surface area contributed by atoms with Gasteiger partial charge in [0.15, 0.2) is 0 Å². The molecule has 2 heterocycles. The van der Waals surface area contributed by atoms with Gasteiger partial charge in [0, 0.05) is 23.6 Å². The number of ketones is 1. The third-order valence-corrected chi connectivity index (χ3v) is 7.79. The van der Waals surface area contributed by atoms with Gasteiger partial charge in [0.25, 0.3) is 0 Å². The van der Waals surface area contributed by atoms with Crippen molar-refractivity contribution in [1.29, 1.82) is 0 Å². The zero-order valence-electron chi connectivity index (χ0n) is 19.3. The Bertz CT molecular complexity index is 801. The van der Waals surface area contributed by atoms with Crippen molar-refractivity contribution >= 4 is 29.2 Å². The molecule has 6 atom stereocenters. The minimum atomic E-state index is -0.587. The Morgan fingerprint density at radius 2 is 1.90 bits per heavy atom. The highest BCUT2D eigenvalue weighted by molar-refractivity contribution is 7.09. The van der Waals surface area contributed by atoms with Crippen molar-refractivity contribution in [3.05, 3.63) is 21.7 Å². The summed E-state index contributed by atoms with van der Waals surface area (Å²) in [7, 11) is 0. The highest BCUT2D eigenvalue weighted by atomic mass is 32.1. The number of aliphatic hydroxyl groups is 1. The lowest BCUT2D eigenvalue weighted by molar-refractivity contribution is -0.148. The number of aliphatic hydroxyl groups excluding tert-OH is 1. The first-order valence-corrected chi connectivity index (χ1v) is 12.6. The molecular weight excluding hydrogens is 410 g/mol. The first-order chi connectivity index (χ1) is 14.7. The fourth-order valence-electron chi connectivity index (χ4n) is 4.67. The van der Waals surface area contributed by atoms with Crippen LogP contribution in [0.3, 0.4) is 0 Å². The van der Waals surface area contributed by atoms with Crippen LogP contribution in [0.15, 0.2) is 11.0 Å². The second-order valence-corrected chi connectivity index (χ2v) is 10.7. The van der Waals surface area contributed by atoms with Crippen molar-refractivity contribution < 1.29 is 19.4 Å². The van der Waals surface area contributed by atoms with Gasteiger partial charge in [-0.3, -0.25) is 9.59 Å². The number of aromatic nitrogens is 1. The highest BCUT2D eigenvalue weighted by Gasteiger charge is 2.39. The number of cyclic esters (lactones) is 1. The number of thiazole rings is 1. The van der Waals surface area contributed by atoms with E-state index >= 15 is 0 Å². The van der Waals surface area contributed by atoms with Crippen LogP contribution in [0.5, 0.6) is 0 Å². The molecule has 1 aliphatic carbocycles. The maximum absolute atomic E-state index is 12.7. The Kier molecular flexibility index (Phi) is 8.45. The van der Waals surface area contributed by atoms with Crippen LogP contribution >= 0.6 is 11.3 Å². The number of nitrogens with zero attached hydrogens (tertiary/aromatic N) is 1. The molecule has 1 aliphatic heterocycles. The van der Waals surface area contributed by atoms with Gasteiger partial charge in [-0.05, 0) is 63.0 Å². The van der Waals surface area contributed by atoms with Gasteiger partial charge in [-0.2, -0.15) is 0 Å². The molecule has 6 heteroatoms. The van der Waals surface area contributed by atoms with Crippen LogP contribution in [-0.2, 0) is 14.3 Å². The van der Waals surface area contributed by atoms with Gasteiger partial charge < -0.3 is 9.84 Å². The Labute approximate surface area is 190 Å². The number of hydrogen-bond donors (Lipinski definition) is 1. The Balaban J connectivity index is 1.70. The number of fused-ring (bicyclic) bond motifs is 1. The summed E-state index contributed by atoms with van der Waals surface area (Å²) in [5, 5.41) is 13.4. The zero-order chi connectivity index (χ0) is 22.5. The molecule has 3 rings (SSSR count). The third kappa shape index (κ3) is 6.98. The van der Waals surface area contributed by atoms with E-state index in [1.54, 1.807) is 11.3 Å². The van der Waals surface area contributed by atoms with Crippen LogP contribution in [0.2, 0.25) is 0 Å². The average molecular weight is 448 g/mol. The summed E-state index contributed by atoms with van der Waals surface area (Å²) >= 11 is 1.62. The summed E-state index contributed by atoms with van der Waals surface area (Å²) in [6.45, 7) is 7.68. The second-order valence-electron chi connectivity index (χ2n) is 9.63. The minimum Gasteiger partial charge on any atom is -0.458 e. The zero-order valence-corrected chi connectivity index (χ0v) is 20.1. The highest BCUT2D eigenvalue weighted by Crippen LogP contribution is 2.46. The Morgan fingerprint density at radius 1 is 1.16 bits per heavy atom. The van der Waals surface area contributed by atoms with Crippen LogP contribution in [0, 0.1) is 30.6 Å². The number of esters is 1. The summed E-state index contributed by atoms with van der Waals surface area (Å²) in [4.78, 5) is 29.8. The molecule has 31 heavy (non-hydrogen) atoms. The molecule has 1 aromatic rings. The molecule has 172 valence electrons. The molecule has 1 saturated heterocycles. The Morgan fingerprint density at radius 3 is 2.61 bits per heavy atom. The van der Waals surface area contributed by atoms with Gasteiger partial charge in [-0.25, -0.2) is 4.98 Å². The SMILES string of the molecule is C/C(=C\c1csc(C)n1)[C@@H]1C[C@@H]2C[C@@H]2CCCC[C@H](O)[C@@H](C)C(=O)[C@@H](C)CCC(=O)O1. The topological polar surface area (TPSA) is 76.5 Å². The molecule has 2 fully saturated rings. The largest absolute Gasteiger partial charge is 0.458 e. The molecule has 2 aliphatic rings. The number of aryl methyl sites for hydroxylation is 1. The molecule has 0 radical (unpaired) electrons. The van der Waals surface area contributed by atoms with E-state index in [4.69, 9.17) is 4.74 Å². The number of ether oxygens (including phenoxy) is 1. The van der Waals surface area contributed by atoms with Crippen molar-refractivity contribution in [2.45, 2.75) is 91.3 Å². The fraction of sp³-hybridized carbons (Fsp3) is 0.720. The van der Waals surface area contributed by atoms with Gasteiger partial charge in [-0.1, -0.05) is 33.1 Å². The summed E-state index contributed by atoms with van der Waals surface area (Å²) in [5.74, 6) is 0.429. The van der Waals surface area contributed by atoms with Crippen molar-refractivity contribution in [3.63, 3.8) is 0 Å². The monoisotopic (exact) mass is 447 g/mol. The number of rotatable bonds is 2. The first kappa shape index (κ1) is 24.1. The van der Waals surface area contributed by atoms with Gasteiger partial charge in [0.2, 0.25) is 0 Å². The lowest BCUT2D eigenvalue weighted by atomic mass is 9.86. The van der Waals surface area contributed by atoms with E-state index in [1.807, 2.05) is 39.2 Å². The van der Waals surface area contributed by atoms with Crippen LogP contribution in [0.1, 0.15) is 82.8 Å². The molecule has 0 aromatic carbocycles. The van der Waals surface area contributed by atoms with E-state index in [0.717, 1.165) is 42.0 Å². The van der Waals surface area contributed by atoms with Crippen molar-refractivity contribution in [1.82, 2.24) is 4.98 Å². The van der Waals surface area contributed by atoms with Crippen molar-refractivity contribution in [3.8, 4) is 0 Å². The summed E-state index contributed by atoms with van der Waals surface area (Å²) in [5.41, 5.74) is 1.95. The van der Waals surface area contributed by atoms with E-state index in [0.29, 0.717) is 24.7 Å². The molecule has 1 aromatic heterocycles. The molecule has 0 unspecified atom stereocenters. The lowest BCUT2D eigenvalue weighted by Gasteiger charge is -2.22. The van der Waals surface area contributed by atoms with Crippen LogP contribution in [0.25, 0.3) is 6.08 Å². The van der Waals surface area contributed by atoms with E-state index in [1.165, 1.54) is 6.42 Å². The third-order valence-electron chi connectivity index (χ3n) is 7.00. The molecular formula is C25H37NO4S.